The van der Waals surface area contributed by atoms with Gasteiger partial charge in [-0.1, -0.05) is 52.0 Å². The maximum atomic E-state index is 6.47. The molecule has 2 aliphatic rings. The lowest BCUT2D eigenvalue weighted by molar-refractivity contribution is 0.00578. The molecule has 2 heterocycles. The molecule has 3 aromatic rings. The van der Waals surface area contributed by atoms with Gasteiger partial charge in [0, 0.05) is 15.0 Å². The third-order valence-corrected chi connectivity index (χ3v) is 8.70. The maximum absolute atomic E-state index is 6.47. The number of benzene rings is 2. The van der Waals surface area contributed by atoms with Gasteiger partial charge in [-0.2, -0.15) is 0 Å². The van der Waals surface area contributed by atoms with Crippen LogP contribution in [0.5, 0.6) is 0 Å². The summed E-state index contributed by atoms with van der Waals surface area (Å²) in [6.45, 7) is 17.8. The zero-order chi connectivity index (χ0) is 21.6. The highest BCUT2D eigenvalue weighted by Gasteiger charge is 2.53. The Balaban J connectivity index is 1.74. The molecule has 0 saturated carbocycles. The Morgan fingerprint density at radius 2 is 1.57 bits per heavy atom. The van der Waals surface area contributed by atoms with Crippen LogP contribution in [0.25, 0.3) is 20.5 Å². The van der Waals surface area contributed by atoms with Crippen molar-refractivity contribution in [3.8, 4) is 10.4 Å². The molecule has 156 valence electrons. The number of thiophene rings is 1. The molecule has 2 aromatic carbocycles. The SMILES string of the molecule is CC(C)c1ccc2sc3c(c2c1)C(C)(C)c1cccc(B2OC(C)(C)C(C)(C)O2)c1-3. The van der Waals surface area contributed by atoms with Gasteiger partial charge < -0.3 is 9.31 Å². The van der Waals surface area contributed by atoms with Crippen LogP contribution in [-0.4, -0.2) is 18.3 Å². The fraction of sp³-hybridized carbons (Fsp3) is 0.462. The Morgan fingerprint density at radius 1 is 0.900 bits per heavy atom. The molecule has 4 heteroatoms. The van der Waals surface area contributed by atoms with E-state index in [0.717, 1.165) is 5.46 Å². The van der Waals surface area contributed by atoms with Gasteiger partial charge in [-0.15, -0.1) is 11.3 Å². The number of fused-ring (bicyclic) bond motifs is 5. The zero-order valence-corrected chi connectivity index (χ0v) is 20.2. The minimum absolute atomic E-state index is 0.0435. The van der Waals surface area contributed by atoms with Crippen LogP contribution in [-0.2, 0) is 14.7 Å². The number of hydrogen-bond donors (Lipinski definition) is 0. The average Bonchev–Trinajstić information content (AvgIpc) is 3.21. The summed E-state index contributed by atoms with van der Waals surface area (Å²) in [6, 6.07) is 13.6. The summed E-state index contributed by atoms with van der Waals surface area (Å²) in [7, 11) is -0.344. The van der Waals surface area contributed by atoms with E-state index < -0.39 is 0 Å². The lowest BCUT2D eigenvalue weighted by atomic mass is 9.73. The molecule has 0 radical (unpaired) electrons. The predicted octanol–water partition coefficient (Wildman–Crippen LogP) is 6.63. The summed E-state index contributed by atoms with van der Waals surface area (Å²) in [5.74, 6) is 0.525. The van der Waals surface area contributed by atoms with E-state index in [9.17, 15) is 0 Å². The Labute approximate surface area is 184 Å². The third-order valence-electron chi connectivity index (χ3n) is 7.51. The first kappa shape index (κ1) is 20.3. The molecule has 0 atom stereocenters. The standard InChI is InChI=1S/C26H31BO2S/c1-15(2)16-12-13-20-17(14-16)22-23(30-20)21-18(24(22,3)4)10-9-11-19(21)27-28-25(5,6)26(7,8)29-27/h9-15H,1-8H3. The van der Waals surface area contributed by atoms with Crippen LogP contribution >= 0.6 is 11.3 Å². The zero-order valence-electron chi connectivity index (χ0n) is 19.3. The topological polar surface area (TPSA) is 18.5 Å². The van der Waals surface area contributed by atoms with Crippen LogP contribution < -0.4 is 5.46 Å². The van der Waals surface area contributed by atoms with Crippen LogP contribution in [0.3, 0.4) is 0 Å². The van der Waals surface area contributed by atoms with Gasteiger partial charge in [0.05, 0.1) is 11.2 Å². The average molecular weight is 418 g/mol. The molecule has 1 saturated heterocycles. The Morgan fingerprint density at radius 3 is 2.20 bits per heavy atom. The van der Waals surface area contributed by atoms with E-state index in [4.69, 9.17) is 9.31 Å². The van der Waals surface area contributed by atoms with Gasteiger partial charge in [-0.05, 0) is 78.8 Å². The summed E-state index contributed by atoms with van der Waals surface area (Å²) in [5.41, 5.74) is 6.00. The van der Waals surface area contributed by atoms with Crippen molar-refractivity contribution in [3.63, 3.8) is 0 Å². The molecule has 0 amide bonds. The van der Waals surface area contributed by atoms with Crippen LogP contribution in [0.15, 0.2) is 36.4 Å². The van der Waals surface area contributed by atoms with Gasteiger partial charge in [-0.25, -0.2) is 0 Å². The Bertz CT molecular complexity index is 1150. The first-order valence-electron chi connectivity index (χ1n) is 11.0. The Kier molecular flexibility index (Phi) is 4.20. The van der Waals surface area contributed by atoms with E-state index in [0.29, 0.717) is 5.92 Å². The predicted molar refractivity (Wildman–Crippen MR) is 129 cm³/mol. The first-order valence-corrected chi connectivity index (χ1v) is 11.8. The van der Waals surface area contributed by atoms with Crippen LogP contribution in [0.1, 0.15) is 78.0 Å². The molecule has 0 unspecified atom stereocenters. The van der Waals surface area contributed by atoms with Crippen molar-refractivity contribution >= 4 is 34.0 Å². The molecule has 0 N–H and O–H groups in total. The molecule has 2 nitrogen and oxygen atoms in total. The van der Waals surface area contributed by atoms with Gasteiger partial charge in [0.15, 0.2) is 0 Å². The molecule has 0 spiro atoms. The molecule has 30 heavy (non-hydrogen) atoms. The fourth-order valence-corrected chi connectivity index (χ4v) is 6.34. The summed E-state index contributed by atoms with van der Waals surface area (Å²) < 4.78 is 14.3. The van der Waals surface area contributed by atoms with Crippen molar-refractivity contribution in [2.75, 3.05) is 0 Å². The van der Waals surface area contributed by atoms with E-state index in [2.05, 4.69) is 91.8 Å². The van der Waals surface area contributed by atoms with E-state index in [1.54, 1.807) is 0 Å². The summed E-state index contributed by atoms with van der Waals surface area (Å²) in [4.78, 5) is 1.39. The summed E-state index contributed by atoms with van der Waals surface area (Å²) in [5, 5.41) is 1.40. The highest BCUT2D eigenvalue weighted by Crippen LogP contribution is 2.55. The van der Waals surface area contributed by atoms with Crippen molar-refractivity contribution in [3.05, 3.63) is 53.1 Å². The van der Waals surface area contributed by atoms with Crippen molar-refractivity contribution in [2.24, 2.45) is 0 Å². The first-order chi connectivity index (χ1) is 13.9. The van der Waals surface area contributed by atoms with Crippen molar-refractivity contribution in [1.82, 2.24) is 0 Å². The van der Waals surface area contributed by atoms with Crippen molar-refractivity contribution in [2.45, 2.75) is 77.9 Å². The summed E-state index contributed by atoms with van der Waals surface area (Å²) in [6.07, 6.45) is 0. The van der Waals surface area contributed by atoms with Crippen LogP contribution in [0.2, 0.25) is 0 Å². The van der Waals surface area contributed by atoms with E-state index in [1.165, 1.54) is 37.2 Å². The fourth-order valence-electron chi connectivity index (χ4n) is 4.92. The molecule has 1 aromatic heterocycles. The second-order valence-electron chi connectivity index (χ2n) is 10.7. The van der Waals surface area contributed by atoms with Crippen molar-refractivity contribution in [1.29, 1.82) is 0 Å². The molecule has 1 aliphatic carbocycles. The van der Waals surface area contributed by atoms with E-state index >= 15 is 0 Å². The van der Waals surface area contributed by atoms with Gasteiger partial charge in [-0.3, -0.25) is 0 Å². The highest BCUT2D eigenvalue weighted by atomic mass is 32.1. The van der Waals surface area contributed by atoms with E-state index in [-0.39, 0.29) is 23.7 Å². The Hall–Kier alpha value is -1.62. The molecule has 0 bridgehead atoms. The molecule has 1 aliphatic heterocycles. The van der Waals surface area contributed by atoms with Gasteiger partial charge in [0.1, 0.15) is 0 Å². The maximum Gasteiger partial charge on any atom is 0.495 e. The number of rotatable bonds is 2. The van der Waals surface area contributed by atoms with E-state index in [1.807, 2.05) is 11.3 Å². The monoisotopic (exact) mass is 418 g/mol. The van der Waals surface area contributed by atoms with Crippen molar-refractivity contribution < 1.29 is 9.31 Å². The lowest BCUT2D eigenvalue weighted by Crippen LogP contribution is -2.41. The molecular weight excluding hydrogens is 387 g/mol. The van der Waals surface area contributed by atoms with Gasteiger partial charge in [0.2, 0.25) is 0 Å². The molecule has 1 fully saturated rings. The van der Waals surface area contributed by atoms with Crippen LogP contribution in [0, 0.1) is 0 Å². The largest absolute Gasteiger partial charge is 0.495 e. The van der Waals surface area contributed by atoms with Gasteiger partial charge >= 0.3 is 7.12 Å². The number of hydrogen-bond acceptors (Lipinski definition) is 3. The highest BCUT2D eigenvalue weighted by molar-refractivity contribution is 7.22. The quantitative estimate of drug-likeness (QED) is 0.435. The second-order valence-corrected chi connectivity index (χ2v) is 11.8. The second kappa shape index (κ2) is 6.21. The molecular formula is C26H31BO2S. The normalized spacial score (nSPS) is 20.8. The van der Waals surface area contributed by atoms with Gasteiger partial charge in [0.25, 0.3) is 0 Å². The minimum Gasteiger partial charge on any atom is -0.399 e. The smallest absolute Gasteiger partial charge is 0.399 e. The minimum atomic E-state index is -0.344. The van der Waals surface area contributed by atoms with Crippen LogP contribution in [0.4, 0.5) is 0 Å². The molecule has 5 rings (SSSR count). The third kappa shape index (κ3) is 2.63. The summed E-state index contributed by atoms with van der Waals surface area (Å²) >= 11 is 1.91. The lowest BCUT2D eigenvalue weighted by Gasteiger charge is -2.32.